The predicted molar refractivity (Wildman–Crippen MR) is 110 cm³/mol. The molecule has 3 aromatic heterocycles. The van der Waals surface area contributed by atoms with Crippen molar-refractivity contribution in [3.63, 3.8) is 0 Å². The maximum atomic E-state index is 12.6. The molecule has 6 nitrogen and oxygen atoms in total. The maximum absolute atomic E-state index is 12.6. The number of amides is 1. The molecule has 3 heterocycles. The van der Waals surface area contributed by atoms with Crippen LogP contribution in [0, 0.1) is 0 Å². The second-order valence-electron chi connectivity index (χ2n) is 6.41. The topological polar surface area (TPSA) is 81.2 Å². The van der Waals surface area contributed by atoms with Crippen molar-refractivity contribution in [3.8, 4) is 22.8 Å². The van der Waals surface area contributed by atoms with Gasteiger partial charge >= 0.3 is 0 Å². The molecule has 0 saturated heterocycles. The molecule has 2 aromatic carbocycles. The molecule has 0 saturated carbocycles. The van der Waals surface area contributed by atoms with Crippen LogP contribution in [0.2, 0.25) is 0 Å². The number of nitrogens with one attached hydrogen (secondary N) is 1. The number of benzene rings is 2. The van der Waals surface area contributed by atoms with E-state index in [0.29, 0.717) is 40.4 Å². The third kappa shape index (κ3) is 3.43. The van der Waals surface area contributed by atoms with Crippen LogP contribution in [0.3, 0.4) is 0 Å². The van der Waals surface area contributed by atoms with Crippen molar-refractivity contribution in [1.82, 2.24) is 15.5 Å². The highest BCUT2D eigenvalue weighted by atomic mass is 32.1. The molecule has 0 atom stereocenters. The van der Waals surface area contributed by atoms with Crippen LogP contribution in [0.4, 0.5) is 0 Å². The van der Waals surface area contributed by atoms with Gasteiger partial charge in [0.2, 0.25) is 5.89 Å². The number of nitrogens with zero attached hydrogens (tertiary/aromatic N) is 2. The van der Waals surface area contributed by atoms with Crippen molar-refractivity contribution >= 4 is 28.2 Å². The van der Waals surface area contributed by atoms with Crippen LogP contribution in [0.1, 0.15) is 15.2 Å². The van der Waals surface area contributed by atoms with Crippen LogP contribution < -0.4 is 5.32 Å². The first-order valence-electron chi connectivity index (χ1n) is 8.99. The third-order valence-electron chi connectivity index (χ3n) is 4.50. The van der Waals surface area contributed by atoms with Gasteiger partial charge in [-0.15, -0.1) is 11.3 Å². The number of fused-ring (bicyclic) bond motifs is 1. The minimum absolute atomic E-state index is 0.155. The number of rotatable bonds is 5. The lowest BCUT2D eigenvalue weighted by Gasteiger charge is -2.03. The number of oxazole rings is 1. The number of thiophene rings is 1. The molecule has 0 aliphatic rings. The summed E-state index contributed by atoms with van der Waals surface area (Å²) in [5.74, 6) is 0.346. The Morgan fingerprint density at radius 1 is 1.07 bits per heavy atom. The van der Waals surface area contributed by atoms with Crippen molar-refractivity contribution in [3.05, 3.63) is 82.7 Å². The van der Waals surface area contributed by atoms with Gasteiger partial charge in [0, 0.05) is 16.0 Å². The van der Waals surface area contributed by atoms with Crippen molar-refractivity contribution < 1.29 is 13.7 Å². The van der Waals surface area contributed by atoms with E-state index in [9.17, 15) is 4.79 Å². The monoisotopic (exact) mass is 401 g/mol. The highest BCUT2D eigenvalue weighted by molar-refractivity contribution is 7.09. The number of hydrogen-bond donors (Lipinski definition) is 1. The Balaban J connectivity index is 1.44. The average Bonchev–Trinajstić information content (AvgIpc) is 3.52. The Bertz CT molecular complexity index is 1270. The van der Waals surface area contributed by atoms with E-state index in [0.717, 1.165) is 10.4 Å². The molecule has 0 aliphatic heterocycles. The van der Waals surface area contributed by atoms with E-state index in [-0.39, 0.29) is 5.91 Å². The molecule has 1 N–H and O–H groups in total. The van der Waals surface area contributed by atoms with Gasteiger partial charge in [0.15, 0.2) is 5.58 Å². The second kappa shape index (κ2) is 7.37. The molecule has 7 heteroatoms. The first-order chi connectivity index (χ1) is 14.3. The number of carbonyl (C=O) groups is 1. The maximum Gasteiger partial charge on any atom is 0.251 e. The van der Waals surface area contributed by atoms with Crippen LogP contribution in [-0.2, 0) is 6.54 Å². The lowest BCUT2D eigenvalue weighted by atomic mass is 10.1. The van der Waals surface area contributed by atoms with E-state index < -0.39 is 0 Å². The van der Waals surface area contributed by atoms with E-state index in [2.05, 4.69) is 15.5 Å². The lowest BCUT2D eigenvalue weighted by Crippen LogP contribution is -2.22. The Labute approximate surface area is 169 Å². The summed E-state index contributed by atoms with van der Waals surface area (Å²) < 4.78 is 11.0. The van der Waals surface area contributed by atoms with E-state index >= 15 is 0 Å². The van der Waals surface area contributed by atoms with Crippen molar-refractivity contribution in [2.45, 2.75) is 6.54 Å². The average molecular weight is 401 g/mol. The molecule has 5 rings (SSSR count). The van der Waals surface area contributed by atoms with E-state index in [4.69, 9.17) is 8.94 Å². The van der Waals surface area contributed by atoms with E-state index in [1.807, 2.05) is 47.8 Å². The molecule has 0 bridgehead atoms. The highest BCUT2D eigenvalue weighted by Crippen LogP contribution is 2.30. The summed E-state index contributed by atoms with van der Waals surface area (Å²) >= 11 is 1.61. The van der Waals surface area contributed by atoms with Crippen LogP contribution in [-0.4, -0.2) is 16.0 Å². The smallest absolute Gasteiger partial charge is 0.251 e. The molecule has 0 aliphatic carbocycles. The fraction of sp³-hybridized carbons (Fsp3) is 0.0455. The molecule has 29 heavy (non-hydrogen) atoms. The second-order valence-corrected chi connectivity index (χ2v) is 7.44. The standard InChI is InChI=1S/C22H15N3O3S/c26-21(23-12-16-7-4-10-29-16)15-8-9-19-17(11-15)20(25-28-19)18-13-27-22(24-18)14-5-2-1-3-6-14/h1-11,13H,12H2,(H,23,26). The molecule has 0 radical (unpaired) electrons. The zero-order valence-corrected chi connectivity index (χ0v) is 16.0. The number of aromatic nitrogens is 2. The SMILES string of the molecule is O=C(NCc1cccs1)c1ccc2onc(-c3coc(-c4ccccc4)n3)c2c1. The zero-order valence-electron chi connectivity index (χ0n) is 15.2. The molecular weight excluding hydrogens is 386 g/mol. The van der Waals surface area contributed by atoms with Crippen molar-refractivity contribution in [2.24, 2.45) is 0 Å². The normalized spacial score (nSPS) is 11.0. The first kappa shape index (κ1) is 17.4. The Kier molecular flexibility index (Phi) is 4.42. The summed E-state index contributed by atoms with van der Waals surface area (Å²) in [4.78, 5) is 18.2. The van der Waals surface area contributed by atoms with Crippen LogP contribution in [0.25, 0.3) is 33.8 Å². The number of hydrogen-bond acceptors (Lipinski definition) is 6. The Morgan fingerprint density at radius 2 is 1.97 bits per heavy atom. The van der Waals surface area contributed by atoms with Crippen LogP contribution in [0.15, 0.2) is 81.2 Å². The van der Waals surface area contributed by atoms with Crippen molar-refractivity contribution in [1.29, 1.82) is 0 Å². The largest absolute Gasteiger partial charge is 0.444 e. The van der Waals surface area contributed by atoms with E-state index in [1.165, 1.54) is 0 Å². The van der Waals surface area contributed by atoms with Gasteiger partial charge in [0.05, 0.1) is 11.9 Å². The molecule has 1 amide bonds. The molecule has 0 fully saturated rings. The van der Waals surface area contributed by atoms with Gasteiger partial charge in [0.1, 0.15) is 17.7 Å². The fourth-order valence-corrected chi connectivity index (χ4v) is 3.69. The van der Waals surface area contributed by atoms with Gasteiger partial charge in [-0.1, -0.05) is 29.4 Å². The summed E-state index contributed by atoms with van der Waals surface area (Å²) in [5.41, 5.74) is 3.09. The summed E-state index contributed by atoms with van der Waals surface area (Å²) in [6, 6.07) is 18.8. The molecule has 0 unspecified atom stereocenters. The number of carbonyl (C=O) groups excluding carboxylic acids is 1. The van der Waals surface area contributed by atoms with E-state index in [1.54, 1.807) is 35.8 Å². The molecule has 5 aromatic rings. The van der Waals surface area contributed by atoms with Crippen LogP contribution >= 0.6 is 11.3 Å². The molecular formula is C22H15N3O3S. The van der Waals surface area contributed by atoms with Gasteiger partial charge < -0.3 is 14.3 Å². The highest BCUT2D eigenvalue weighted by Gasteiger charge is 2.17. The summed E-state index contributed by atoms with van der Waals surface area (Å²) in [5, 5.41) is 9.76. The van der Waals surface area contributed by atoms with Gasteiger partial charge in [-0.3, -0.25) is 4.79 Å². The third-order valence-corrected chi connectivity index (χ3v) is 5.38. The predicted octanol–water partition coefficient (Wildman–Crippen LogP) is 5.14. The fourth-order valence-electron chi connectivity index (χ4n) is 3.04. The minimum atomic E-state index is -0.155. The molecule has 142 valence electrons. The zero-order chi connectivity index (χ0) is 19.6. The summed E-state index contributed by atoms with van der Waals surface area (Å²) in [7, 11) is 0. The summed E-state index contributed by atoms with van der Waals surface area (Å²) in [6.45, 7) is 0.495. The summed E-state index contributed by atoms with van der Waals surface area (Å²) in [6.07, 6.45) is 1.54. The van der Waals surface area contributed by atoms with Gasteiger partial charge in [-0.05, 0) is 41.8 Å². The van der Waals surface area contributed by atoms with Crippen LogP contribution in [0.5, 0.6) is 0 Å². The van der Waals surface area contributed by atoms with Gasteiger partial charge in [0.25, 0.3) is 5.91 Å². The minimum Gasteiger partial charge on any atom is -0.444 e. The Hall–Kier alpha value is -3.71. The van der Waals surface area contributed by atoms with Gasteiger partial charge in [-0.2, -0.15) is 0 Å². The Morgan fingerprint density at radius 3 is 2.79 bits per heavy atom. The lowest BCUT2D eigenvalue weighted by molar-refractivity contribution is 0.0951. The first-order valence-corrected chi connectivity index (χ1v) is 9.87. The van der Waals surface area contributed by atoms with Crippen molar-refractivity contribution in [2.75, 3.05) is 0 Å². The quantitative estimate of drug-likeness (QED) is 0.441. The molecule has 0 spiro atoms. The van der Waals surface area contributed by atoms with Gasteiger partial charge in [-0.25, -0.2) is 4.98 Å².